The number of carbonyl (C=O) groups is 1. The van der Waals surface area contributed by atoms with Gasteiger partial charge in [0.15, 0.2) is 9.84 Å². The average Bonchev–Trinajstić information content (AvgIpc) is 2.71. The smallest absolute Gasteiger partial charge is 0.319 e. The molecule has 5 nitrogen and oxygen atoms in total. The lowest BCUT2D eigenvalue weighted by Crippen LogP contribution is -2.28. The fourth-order valence-electron chi connectivity index (χ4n) is 2.55. The number of anilines is 1. The molecule has 0 radical (unpaired) electrons. The van der Waals surface area contributed by atoms with Crippen molar-refractivity contribution >= 4 is 21.6 Å². The van der Waals surface area contributed by atoms with Crippen LogP contribution in [0.4, 0.5) is 10.5 Å². The first-order valence-corrected chi connectivity index (χ1v) is 10.8. The predicted molar refractivity (Wildman–Crippen MR) is 114 cm³/mol. The van der Waals surface area contributed by atoms with Crippen molar-refractivity contribution in [2.75, 3.05) is 11.6 Å². The third kappa shape index (κ3) is 6.23. The largest absolute Gasteiger partial charge is 0.334 e. The summed E-state index contributed by atoms with van der Waals surface area (Å²) in [4.78, 5) is 12.4. The number of urea groups is 1. The topological polar surface area (TPSA) is 75.3 Å². The molecule has 2 N–H and O–H groups in total. The van der Waals surface area contributed by atoms with E-state index < -0.39 is 9.84 Å². The molecule has 0 aliphatic carbocycles. The van der Waals surface area contributed by atoms with Crippen LogP contribution >= 0.6 is 0 Å². The molecule has 0 saturated heterocycles. The van der Waals surface area contributed by atoms with E-state index in [4.69, 9.17) is 0 Å². The number of hydrogen-bond donors (Lipinski definition) is 2. The highest BCUT2D eigenvalue weighted by Crippen LogP contribution is 2.12. The van der Waals surface area contributed by atoms with Crippen molar-refractivity contribution in [1.29, 1.82) is 0 Å². The third-order valence-corrected chi connectivity index (χ3v) is 5.18. The van der Waals surface area contributed by atoms with Crippen molar-refractivity contribution in [3.63, 3.8) is 0 Å². The van der Waals surface area contributed by atoms with Crippen molar-refractivity contribution < 1.29 is 13.2 Å². The van der Waals surface area contributed by atoms with E-state index in [1.807, 2.05) is 42.5 Å². The summed E-state index contributed by atoms with van der Waals surface area (Å²) >= 11 is 0. The van der Waals surface area contributed by atoms with E-state index in [-0.39, 0.29) is 17.5 Å². The van der Waals surface area contributed by atoms with E-state index in [0.29, 0.717) is 5.69 Å². The summed E-state index contributed by atoms with van der Waals surface area (Å²) in [7, 11) is -3.23. The molecule has 0 aliphatic heterocycles. The summed E-state index contributed by atoms with van der Waals surface area (Å²) in [6.07, 6.45) is 1.16. The van der Waals surface area contributed by atoms with E-state index in [9.17, 15) is 13.2 Å². The zero-order valence-corrected chi connectivity index (χ0v) is 16.7. The Balaban J connectivity index is 1.58. The highest BCUT2D eigenvalue weighted by atomic mass is 32.2. The second-order valence-corrected chi connectivity index (χ2v) is 8.44. The Kier molecular flexibility index (Phi) is 6.32. The van der Waals surface area contributed by atoms with Gasteiger partial charge in [0, 0.05) is 29.6 Å². The summed E-state index contributed by atoms with van der Waals surface area (Å²) < 4.78 is 23.0. The van der Waals surface area contributed by atoms with Crippen molar-refractivity contribution in [2.24, 2.45) is 0 Å². The molecule has 0 bridgehead atoms. The van der Waals surface area contributed by atoms with Crippen molar-refractivity contribution in [1.82, 2.24) is 5.32 Å². The molecular weight excluding hydrogens is 384 g/mol. The molecule has 0 heterocycles. The number of hydrogen-bond acceptors (Lipinski definition) is 3. The molecule has 2 amide bonds. The number of sulfone groups is 1. The number of carbonyl (C=O) groups excluding carboxylic acids is 1. The SMILES string of the molecule is CS(=O)(=O)c1ccc(CNC(=O)Nc2cccc(C#Cc3ccccc3)c2)cc1. The van der Waals surface area contributed by atoms with E-state index in [1.54, 1.807) is 24.3 Å². The number of benzene rings is 3. The van der Waals surface area contributed by atoms with Crippen LogP contribution in [0.1, 0.15) is 16.7 Å². The lowest BCUT2D eigenvalue weighted by atomic mass is 10.1. The van der Waals surface area contributed by atoms with Gasteiger partial charge in [-0.3, -0.25) is 0 Å². The van der Waals surface area contributed by atoms with Gasteiger partial charge < -0.3 is 10.6 Å². The van der Waals surface area contributed by atoms with E-state index in [1.165, 1.54) is 12.1 Å². The number of nitrogens with one attached hydrogen (secondary N) is 2. The second-order valence-electron chi connectivity index (χ2n) is 6.42. The molecule has 3 aromatic carbocycles. The van der Waals surface area contributed by atoms with E-state index in [0.717, 1.165) is 22.9 Å². The maximum Gasteiger partial charge on any atom is 0.319 e. The molecule has 0 atom stereocenters. The molecule has 3 aromatic rings. The Labute approximate surface area is 170 Å². The Hall–Kier alpha value is -3.56. The summed E-state index contributed by atoms with van der Waals surface area (Å²) in [6, 6.07) is 23.0. The van der Waals surface area contributed by atoms with Crippen LogP contribution in [0.25, 0.3) is 0 Å². The Morgan fingerprint density at radius 2 is 1.52 bits per heavy atom. The lowest BCUT2D eigenvalue weighted by Gasteiger charge is -2.08. The zero-order chi connectivity index (χ0) is 20.7. The van der Waals surface area contributed by atoms with Gasteiger partial charge in [-0.05, 0) is 48.0 Å². The normalized spacial score (nSPS) is 10.5. The highest BCUT2D eigenvalue weighted by molar-refractivity contribution is 7.90. The van der Waals surface area contributed by atoms with Gasteiger partial charge in [0.2, 0.25) is 0 Å². The van der Waals surface area contributed by atoms with Gasteiger partial charge in [-0.2, -0.15) is 0 Å². The van der Waals surface area contributed by atoms with E-state index in [2.05, 4.69) is 22.5 Å². The summed E-state index contributed by atoms with van der Waals surface area (Å²) in [5.74, 6) is 6.16. The summed E-state index contributed by atoms with van der Waals surface area (Å²) in [5.41, 5.74) is 3.15. The van der Waals surface area contributed by atoms with Crippen LogP contribution in [-0.2, 0) is 16.4 Å². The van der Waals surface area contributed by atoms with Gasteiger partial charge in [0.1, 0.15) is 0 Å². The fraction of sp³-hybridized carbons (Fsp3) is 0.0870. The molecule has 0 spiro atoms. The van der Waals surface area contributed by atoms with Gasteiger partial charge in [-0.25, -0.2) is 13.2 Å². The van der Waals surface area contributed by atoms with Crippen molar-refractivity contribution in [3.05, 3.63) is 95.6 Å². The monoisotopic (exact) mass is 404 g/mol. The summed E-state index contributed by atoms with van der Waals surface area (Å²) in [6.45, 7) is 0.281. The van der Waals surface area contributed by atoms with Crippen molar-refractivity contribution in [2.45, 2.75) is 11.4 Å². The third-order valence-electron chi connectivity index (χ3n) is 4.05. The molecule has 0 saturated carbocycles. The van der Waals surface area contributed by atoms with Crippen LogP contribution in [-0.4, -0.2) is 20.7 Å². The minimum Gasteiger partial charge on any atom is -0.334 e. The maximum atomic E-state index is 12.1. The standard InChI is InChI=1S/C23H20N2O3S/c1-29(27,28)22-14-12-20(13-15-22)17-24-23(26)25-21-9-5-8-19(16-21)11-10-18-6-3-2-4-7-18/h2-9,12-16H,17H2,1H3,(H2,24,25,26). The highest BCUT2D eigenvalue weighted by Gasteiger charge is 2.07. The van der Waals surface area contributed by atoms with Gasteiger partial charge in [-0.15, -0.1) is 0 Å². The molecule has 0 fully saturated rings. The first kappa shape index (κ1) is 20.2. The quantitative estimate of drug-likeness (QED) is 0.650. The minimum atomic E-state index is -3.23. The molecule has 3 rings (SSSR count). The van der Waals surface area contributed by atoms with Crippen molar-refractivity contribution in [3.8, 4) is 11.8 Å². The number of rotatable bonds is 4. The number of amides is 2. The van der Waals surface area contributed by atoms with Crippen LogP contribution in [0.15, 0.2) is 83.8 Å². The minimum absolute atomic E-state index is 0.249. The molecule has 0 unspecified atom stereocenters. The first-order valence-electron chi connectivity index (χ1n) is 8.91. The lowest BCUT2D eigenvalue weighted by molar-refractivity contribution is 0.251. The first-order chi connectivity index (χ1) is 13.9. The Morgan fingerprint density at radius 3 is 2.21 bits per heavy atom. The molecule has 29 heavy (non-hydrogen) atoms. The fourth-order valence-corrected chi connectivity index (χ4v) is 3.18. The van der Waals surface area contributed by atoms with Crippen LogP contribution in [0.5, 0.6) is 0 Å². The molecule has 6 heteroatoms. The molecule has 0 aromatic heterocycles. The van der Waals surface area contributed by atoms with Gasteiger partial charge in [0.05, 0.1) is 4.90 Å². The average molecular weight is 404 g/mol. The Bertz CT molecular complexity index is 1160. The molecular formula is C23H20N2O3S. The van der Waals surface area contributed by atoms with Crippen LogP contribution in [0.2, 0.25) is 0 Å². The van der Waals surface area contributed by atoms with Gasteiger partial charge >= 0.3 is 6.03 Å². The van der Waals surface area contributed by atoms with Gasteiger partial charge in [0.25, 0.3) is 0 Å². The predicted octanol–water partition coefficient (Wildman–Crippen LogP) is 3.81. The van der Waals surface area contributed by atoms with Gasteiger partial charge in [-0.1, -0.05) is 48.2 Å². The van der Waals surface area contributed by atoms with Crippen LogP contribution in [0, 0.1) is 11.8 Å². The summed E-state index contributed by atoms with van der Waals surface area (Å²) in [5, 5.41) is 5.52. The van der Waals surface area contributed by atoms with E-state index >= 15 is 0 Å². The zero-order valence-electron chi connectivity index (χ0n) is 15.8. The Morgan fingerprint density at radius 1 is 0.862 bits per heavy atom. The maximum absolute atomic E-state index is 12.1. The molecule has 146 valence electrons. The second kappa shape index (κ2) is 9.09. The van der Waals surface area contributed by atoms with Crippen LogP contribution < -0.4 is 10.6 Å². The van der Waals surface area contributed by atoms with Crippen LogP contribution in [0.3, 0.4) is 0 Å². The molecule has 0 aliphatic rings.